The lowest BCUT2D eigenvalue weighted by Gasteiger charge is -2.15. The maximum atomic E-state index is 14.0. The van der Waals surface area contributed by atoms with E-state index in [1.54, 1.807) is 6.07 Å². The molecular weight excluding hydrogens is 420 g/mol. The fourth-order valence-corrected chi connectivity index (χ4v) is 4.53. The van der Waals surface area contributed by atoms with Crippen LogP contribution >= 0.6 is 11.3 Å². The summed E-state index contributed by atoms with van der Waals surface area (Å²) in [6.07, 6.45) is 2.54. The summed E-state index contributed by atoms with van der Waals surface area (Å²) < 4.78 is 35.7. The van der Waals surface area contributed by atoms with Gasteiger partial charge in [-0.25, -0.2) is 13.8 Å². The van der Waals surface area contributed by atoms with E-state index in [0.717, 1.165) is 27.0 Å². The van der Waals surface area contributed by atoms with Crippen LogP contribution in [0.4, 0.5) is 8.78 Å². The number of ether oxygens (including phenoxy) is 1. The third kappa shape index (κ3) is 4.42. The molecule has 0 saturated carbocycles. The van der Waals surface area contributed by atoms with Crippen LogP contribution in [-0.4, -0.2) is 25.1 Å². The van der Waals surface area contributed by atoms with E-state index in [1.807, 2.05) is 38.3 Å². The van der Waals surface area contributed by atoms with Gasteiger partial charge in [0, 0.05) is 18.2 Å². The lowest BCUT2D eigenvalue weighted by atomic mass is 10.0. The number of rotatable bonds is 6. The van der Waals surface area contributed by atoms with Crippen LogP contribution in [0.5, 0.6) is 5.75 Å². The molecule has 162 valence electrons. The largest absolute Gasteiger partial charge is 0.485 e. The fourth-order valence-electron chi connectivity index (χ4n) is 3.35. The Morgan fingerprint density at radius 3 is 2.55 bits per heavy atom. The molecule has 6 nitrogen and oxygen atoms in total. The first kappa shape index (κ1) is 21.3. The molecule has 0 radical (unpaired) electrons. The van der Waals surface area contributed by atoms with Crippen LogP contribution in [0.25, 0.3) is 16.3 Å². The third-order valence-electron chi connectivity index (χ3n) is 4.71. The van der Waals surface area contributed by atoms with Crippen molar-refractivity contribution in [2.45, 2.75) is 46.3 Å². The highest BCUT2D eigenvalue weighted by Crippen LogP contribution is 2.33. The monoisotopic (exact) mass is 443 g/mol. The molecule has 0 unspecified atom stereocenters. The number of aromatic nitrogens is 4. The van der Waals surface area contributed by atoms with Crippen LogP contribution < -0.4 is 10.5 Å². The first-order valence-corrected chi connectivity index (χ1v) is 10.6. The second-order valence-electron chi connectivity index (χ2n) is 8.28. The van der Waals surface area contributed by atoms with Gasteiger partial charge in [0.1, 0.15) is 28.9 Å². The minimum absolute atomic E-state index is 0.121. The highest BCUT2D eigenvalue weighted by molar-refractivity contribution is 7.14. The van der Waals surface area contributed by atoms with Crippen LogP contribution in [-0.2, 0) is 13.0 Å². The molecule has 9 heteroatoms. The Balaban J connectivity index is 1.72. The van der Waals surface area contributed by atoms with Crippen LogP contribution in [0.2, 0.25) is 0 Å². The number of imidazole rings is 1. The Morgan fingerprint density at radius 2 is 1.87 bits per heavy atom. The summed E-state index contributed by atoms with van der Waals surface area (Å²) in [7, 11) is 0. The maximum absolute atomic E-state index is 14.0. The number of halogens is 2. The highest BCUT2D eigenvalue weighted by Gasteiger charge is 2.21. The molecule has 0 saturated heterocycles. The van der Waals surface area contributed by atoms with E-state index in [9.17, 15) is 8.78 Å². The molecule has 0 aliphatic heterocycles. The summed E-state index contributed by atoms with van der Waals surface area (Å²) in [4.78, 5) is 4.64. The minimum atomic E-state index is -0.645. The lowest BCUT2D eigenvalue weighted by Crippen LogP contribution is -2.34. The average molecular weight is 444 g/mol. The zero-order valence-corrected chi connectivity index (χ0v) is 18.6. The Bertz CT molecular complexity index is 1240. The molecule has 3 aromatic heterocycles. The van der Waals surface area contributed by atoms with Crippen LogP contribution in [0.15, 0.2) is 30.5 Å². The minimum Gasteiger partial charge on any atom is -0.485 e. The van der Waals surface area contributed by atoms with Crippen molar-refractivity contribution in [2.75, 3.05) is 0 Å². The van der Waals surface area contributed by atoms with Gasteiger partial charge in [0.25, 0.3) is 0 Å². The maximum Gasteiger partial charge on any atom is 0.180 e. The standard InChI is InChI=1S/C22H23F2N5OS/c1-12-8-17(30-11-14-15(23)6-5-7-16(14)24)20-26-13(2)19(29(20)10-12)21-28-27-18(31-21)9-22(3,4)25/h5-8,10H,9,11,25H2,1-4H3. The molecule has 0 amide bonds. The number of pyridine rings is 1. The number of nitrogens with zero attached hydrogens (tertiary/aromatic N) is 4. The van der Waals surface area contributed by atoms with Crippen molar-refractivity contribution in [1.82, 2.24) is 19.6 Å². The van der Waals surface area contributed by atoms with Gasteiger partial charge in [-0.15, -0.1) is 10.2 Å². The summed E-state index contributed by atoms with van der Waals surface area (Å²) in [5.74, 6) is -0.856. The first-order chi connectivity index (χ1) is 14.6. The van der Waals surface area contributed by atoms with E-state index in [-0.39, 0.29) is 17.7 Å². The van der Waals surface area contributed by atoms with E-state index in [2.05, 4.69) is 15.2 Å². The third-order valence-corrected chi connectivity index (χ3v) is 5.64. The number of aryl methyl sites for hydroxylation is 2. The van der Waals surface area contributed by atoms with Crippen molar-refractivity contribution in [3.63, 3.8) is 0 Å². The zero-order chi connectivity index (χ0) is 22.3. The predicted molar refractivity (Wildman–Crippen MR) is 116 cm³/mol. The summed E-state index contributed by atoms with van der Waals surface area (Å²) in [6.45, 7) is 7.44. The number of nitrogens with two attached hydrogens (primary N) is 1. The molecule has 2 N–H and O–H groups in total. The summed E-state index contributed by atoms with van der Waals surface area (Å²) in [6, 6.07) is 5.54. The van der Waals surface area contributed by atoms with Gasteiger partial charge in [0.2, 0.25) is 0 Å². The van der Waals surface area contributed by atoms with Crippen molar-refractivity contribution in [1.29, 1.82) is 0 Å². The van der Waals surface area contributed by atoms with Gasteiger partial charge in [0.15, 0.2) is 16.4 Å². The summed E-state index contributed by atoms with van der Waals surface area (Å²) in [5.41, 5.74) is 8.61. The molecule has 0 atom stereocenters. The number of fused-ring (bicyclic) bond motifs is 1. The number of benzene rings is 1. The molecule has 3 heterocycles. The Labute approximate surface area is 182 Å². The Kier molecular flexibility index (Phi) is 5.49. The van der Waals surface area contributed by atoms with Crippen LogP contribution in [0.3, 0.4) is 0 Å². The zero-order valence-electron chi connectivity index (χ0n) is 17.7. The van der Waals surface area contributed by atoms with Gasteiger partial charge in [-0.3, -0.25) is 4.40 Å². The highest BCUT2D eigenvalue weighted by atomic mass is 32.1. The van der Waals surface area contributed by atoms with E-state index in [1.165, 1.54) is 29.5 Å². The molecule has 0 aliphatic carbocycles. The topological polar surface area (TPSA) is 78.3 Å². The van der Waals surface area contributed by atoms with Gasteiger partial charge in [-0.05, 0) is 51.5 Å². The van der Waals surface area contributed by atoms with Gasteiger partial charge in [-0.1, -0.05) is 17.4 Å². The van der Waals surface area contributed by atoms with Crippen molar-refractivity contribution in [3.8, 4) is 16.5 Å². The molecule has 0 bridgehead atoms. The van der Waals surface area contributed by atoms with Crippen LogP contribution in [0, 0.1) is 25.5 Å². The molecule has 0 aliphatic rings. The molecule has 31 heavy (non-hydrogen) atoms. The summed E-state index contributed by atoms with van der Waals surface area (Å²) in [5, 5.41) is 10.2. The molecule has 4 aromatic rings. The van der Waals surface area contributed by atoms with E-state index < -0.39 is 11.6 Å². The molecule has 0 spiro atoms. The summed E-state index contributed by atoms with van der Waals surface area (Å²) >= 11 is 1.47. The fraction of sp³-hybridized carbons (Fsp3) is 0.318. The predicted octanol–water partition coefficient (Wildman–Crippen LogP) is 4.61. The first-order valence-electron chi connectivity index (χ1n) is 9.79. The second kappa shape index (κ2) is 7.97. The van der Waals surface area contributed by atoms with E-state index in [0.29, 0.717) is 17.8 Å². The van der Waals surface area contributed by atoms with Crippen molar-refractivity contribution in [2.24, 2.45) is 5.73 Å². The number of hydrogen-bond acceptors (Lipinski definition) is 6. The van der Waals surface area contributed by atoms with Gasteiger partial charge < -0.3 is 10.5 Å². The van der Waals surface area contributed by atoms with Crippen molar-refractivity contribution >= 4 is 17.0 Å². The van der Waals surface area contributed by atoms with Gasteiger partial charge in [0.05, 0.1) is 11.3 Å². The van der Waals surface area contributed by atoms with Gasteiger partial charge in [-0.2, -0.15) is 0 Å². The van der Waals surface area contributed by atoms with Gasteiger partial charge >= 0.3 is 0 Å². The quantitative estimate of drug-likeness (QED) is 0.471. The Hall–Kier alpha value is -2.91. The van der Waals surface area contributed by atoms with E-state index >= 15 is 0 Å². The molecule has 4 rings (SSSR count). The van der Waals surface area contributed by atoms with Crippen molar-refractivity contribution in [3.05, 3.63) is 63.9 Å². The number of hydrogen-bond donors (Lipinski definition) is 1. The van der Waals surface area contributed by atoms with Crippen LogP contribution in [0.1, 0.15) is 35.7 Å². The SMILES string of the molecule is Cc1cc(OCc2c(F)cccc2F)c2nc(C)c(-c3nnc(CC(C)(C)N)s3)n2c1. The smallest absolute Gasteiger partial charge is 0.180 e. The second-order valence-corrected chi connectivity index (χ2v) is 9.34. The molecule has 0 fully saturated rings. The van der Waals surface area contributed by atoms with Crippen molar-refractivity contribution < 1.29 is 13.5 Å². The average Bonchev–Trinajstić information content (AvgIpc) is 3.22. The van der Waals surface area contributed by atoms with E-state index in [4.69, 9.17) is 10.5 Å². The Morgan fingerprint density at radius 1 is 1.16 bits per heavy atom. The normalized spacial score (nSPS) is 12.0. The lowest BCUT2D eigenvalue weighted by molar-refractivity contribution is 0.294. The molecular formula is C22H23F2N5OS. The molecule has 1 aromatic carbocycles.